The molecule has 0 saturated heterocycles. The van der Waals surface area contributed by atoms with Gasteiger partial charge in [0.15, 0.2) is 5.82 Å². The molecule has 0 unspecified atom stereocenters. The number of aromatic nitrogens is 3. The maximum Gasteiger partial charge on any atom is 0.166 e. The van der Waals surface area contributed by atoms with Gasteiger partial charge in [0.2, 0.25) is 0 Å². The van der Waals surface area contributed by atoms with Crippen molar-refractivity contribution in [2.45, 2.75) is 6.92 Å². The first-order valence-corrected chi connectivity index (χ1v) is 6.00. The molecule has 0 spiro atoms. The zero-order chi connectivity index (χ0) is 13.2. The summed E-state index contributed by atoms with van der Waals surface area (Å²) in [7, 11) is 0. The second-order valence-corrected chi connectivity index (χ2v) is 4.21. The standard InChI is InChI=1S/C15H12FN3/c1-11-17-15(13-9-5-6-10-14(13)16)19(18-11)12-7-3-2-4-8-12/h2-10H,1H3. The van der Waals surface area contributed by atoms with Crippen LogP contribution in [0, 0.1) is 12.7 Å². The van der Waals surface area contributed by atoms with Gasteiger partial charge in [-0.05, 0) is 31.2 Å². The summed E-state index contributed by atoms with van der Waals surface area (Å²) in [5, 5.41) is 4.34. The van der Waals surface area contributed by atoms with Crippen molar-refractivity contribution in [3.05, 3.63) is 66.2 Å². The Labute approximate surface area is 110 Å². The average Bonchev–Trinajstić information content (AvgIpc) is 2.82. The summed E-state index contributed by atoms with van der Waals surface area (Å²) in [4.78, 5) is 4.33. The zero-order valence-corrected chi connectivity index (χ0v) is 10.4. The smallest absolute Gasteiger partial charge is 0.166 e. The minimum absolute atomic E-state index is 0.299. The van der Waals surface area contributed by atoms with Crippen LogP contribution in [0.2, 0.25) is 0 Å². The third-order valence-corrected chi connectivity index (χ3v) is 2.83. The van der Waals surface area contributed by atoms with Crippen molar-refractivity contribution in [2.24, 2.45) is 0 Å². The van der Waals surface area contributed by atoms with Gasteiger partial charge in [-0.15, -0.1) is 0 Å². The number of hydrogen-bond acceptors (Lipinski definition) is 2. The number of aryl methyl sites for hydroxylation is 1. The molecule has 1 aromatic heterocycles. The Morgan fingerprint density at radius 3 is 2.37 bits per heavy atom. The lowest BCUT2D eigenvalue weighted by Crippen LogP contribution is -2.00. The molecule has 0 amide bonds. The fourth-order valence-corrected chi connectivity index (χ4v) is 1.98. The van der Waals surface area contributed by atoms with E-state index in [-0.39, 0.29) is 5.82 Å². The molecule has 19 heavy (non-hydrogen) atoms. The van der Waals surface area contributed by atoms with Crippen molar-refractivity contribution in [3.8, 4) is 17.1 Å². The van der Waals surface area contributed by atoms with E-state index in [1.807, 2.05) is 30.3 Å². The van der Waals surface area contributed by atoms with E-state index < -0.39 is 0 Å². The van der Waals surface area contributed by atoms with Crippen LogP contribution in [0.3, 0.4) is 0 Å². The molecular formula is C15H12FN3. The molecule has 0 N–H and O–H groups in total. The Morgan fingerprint density at radius 1 is 0.947 bits per heavy atom. The molecule has 0 aliphatic carbocycles. The Hall–Kier alpha value is -2.49. The monoisotopic (exact) mass is 253 g/mol. The Kier molecular flexibility index (Phi) is 2.83. The molecular weight excluding hydrogens is 241 g/mol. The molecule has 3 rings (SSSR count). The van der Waals surface area contributed by atoms with Crippen LogP contribution in [-0.2, 0) is 0 Å². The summed E-state index contributed by atoms with van der Waals surface area (Å²) in [5.41, 5.74) is 1.31. The first-order valence-electron chi connectivity index (χ1n) is 6.00. The number of para-hydroxylation sites is 1. The average molecular weight is 253 g/mol. The lowest BCUT2D eigenvalue weighted by molar-refractivity contribution is 0.629. The van der Waals surface area contributed by atoms with Crippen LogP contribution in [0.15, 0.2) is 54.6 Å². The van der Waals surface area contributed by atoms with Crippen molar-refractivity contribution in [3.63, 3.8) is 0 Å². The van der Waals surface area contributed by atoms with Crippen molar-refractivity contribution in [1.82, 2.24) is 14.8 Å². The summed E-state index contributed by atoms with van der Waals surface area (Å²) < 4.78 is 15.6. The van der Waals surface area contributed by atoms with E-state index in [0.717, 1.165) is 5.69 Å². The van der Waals surface area contributed by atoms with Gasteiger partial charge in [0, 0.05) is 0 Å². The number of nitrogens with zero attached hydrogens (tertiary/aromatic N) is 3. The molecule has 0 aliphatic heterocycles. The van der Waals surface area contributed by atoms with Gasteiger partial charge in [0.1, 0.15) is 11.6 Å². The van der Waals surface area contributed by atoms with E-state index >= 15 is 0 Å². The van der Waals surface area contributed by atoms with Gasteiger partial charge in [-0.1, -0.05) is 30.3 Å². The molecule has 0 radical (unpaired) electrons. The predicted octanol–water partition coefficient (Wildman–Crippen LogP) is 3.38. The van der Waals surface area contributed by atoms with Crippen molar-refractivity contribution >= 4 is 0 Å². The van der Waals surface area contributed by atoms with Crippen molar-refractivity contribution in [1.29, 1.82) is 0 Å². The molecule has 2 aromatic carbocycles. The lowest BCUT2D eigenvalue weighted by atomic mass is 10.2. The first-order chi connectivity index (χ1) is 9.25. The number of hydrogen-bond donors (Lipinski definition) is 0. The number of rotatable bonds is 2. The number of halogens is 1. The largest absolute Gasteiger partial charge is 0.213 e. The predicted molar refractivity (Wildman–Crippen MR) is 71.5 cm³/mol. The van der Waals surface area contributed by atoms with E-state index in [2.05, 4.69) is 10.1 Å². The highest BCUT2D eigenvalue weighted by atomic mass is 19.1. The third kappa shape index (κ3) is 2.12. The number of benzene rings is 2. The van der Waals surface area contributed by atoms with Crippen LogP contribution in [0.4, 0.5) is 4.39 Å². The van der Waals surface area contributed by atoms with Crippen LogP contribution in [0.5, 0.6) is 0 Å². The zero-order valence-electron chi connectivity index (χ0n) is 10.4. The molecule has 0 saturated carbocycles. The van der Waals surface area contributed by atoms with Crippen molar-refractivity contribution < 1.29 is 4.39 Å². The highest BCUT2D eigenvalue weighted by molar-refractivity contribution is 5.58. The highest BCUT2D eigenvalue weighted by Gasteiger charge is 2.14. The van der Waals surface area contributed by atoms with Gasteiger partial charge in [-0.2, -0.15) is 5.10 Å². The van der Waals surface area contributed by atoms with Crippen LogP contribution >= 0.6 is 0 Å². The first kappa shape index (κ1) is 11.6. The minimum atomic E-state index is -0.299. The van der Waals surface area contributed by atoms with Crippen LogP contribution in [-0.4, -0.2) is 14.8 Å². The summed E-state index contributed by atoms with van der Waals surface area (Å²) in [6, 6.07) is 16.2. The molecule has 0 fully saturated rings. The Bertz CT molecular complexity index is 704. The van der Waals surface area contributed by atoms with Crippen LogP contribution < -0.4 is 0 Å². The fourth-order valence-electron chi connectivity index (χ4n) is 1.98. The van der Waals surface area contributed by atoms with Gasteiger partial charge in [-0.25, -0.2) is 14.1 Å². The molecule has 0 atom stereocenters. The fraction of sp³-hybridized carbons (Fsp3) is 0.0667. The second kappa shape index (κ2) is 4.65. The normalized spacial score (nSPS) is 10.6. The van der Waals surface area contributed by atoms with E-state index in [9.17, 15) is 4.39 Å². The summed E-state index contributed by atoms with van der Waals surface area (Å²) in [5.74, 6) is 0.830. The van der Waals surface area contributed by atoms with E-state index in [1.54, 1.807) is 29.8 Å². The lowest BCUT2D eigenvalue weighted by Gasteiger charge is -2.06. The second-order valence-electron chi connectivity index (χ2n) is 4.21. The topological polar surface area (TPSA) is 30.7 Å². The molecule has 3 nitrogen and oxygen atoms in total. The third-order valence-electron chi connectivity index (χ3n) is 2.83. The minimum Gasteiger partial charge on any atom is -0.213 e. The van der Waals surface area contributed by atoms with Gasteiger partial charge in [-0.3, -0.25) is 0 Å². The van der Waals surface area contributed by atoms with Crippen LogP contribution in [0.1, 0.15) is 5.82 Å². The van der Waals surface area contributed by atoms with Crippen molar-refractivity contribution in [2.75, 3.05) is 0 Å². The van der Waals surface area contributed by atoms with Gasteiger partial charge < -0.3 is 0 Å². The SMILES string of the molecule is Cc1nc(-c2ccccc2F)n(-c2ccccc2)n1. The van der Waals surface area contributed by atoms with Gasteiger partial charge in [0.25, 0.3) is 0 Å². The summed E-state index contributed by atoms with van der Waals surface area (Å²) in [6.07, 6.45) is 0. The van der Waals surface area contributed by atoms with E-state index in [4.69, 9.17) is 0 Å². The van der Waals surface area contributed by atoms with Crippen LogP contribution in [0.25, 0.3) is 17.1 Å². The summed E-state index contributed by atoms with van der Waals surface area (Å²) in [6.45, 7) is 1.80. The van der Waals surface area contributed by atoms with E-state index in [0.29, 0.717) is 17.2 Å². The molecule has 4 heteroatoms. The molecule has 94 valence electrons. The molecule has 3 aromatic rings. The molecule has 0 bridgehead atoms. The maximum absolute atomic E-state index is 13.9. The van der Waals surface area contributed by atoms with E-state index in [1.165, 1.54) is 6.07 Å². The van der Waals surface area contributed by atoms with Gasteiger partial charge in [0.05, 0.1) is 11.3 Å². The quantitative estimate of drug-likeness (QED) is 0.701. The molecule has 0 aliphatic rings. The Morgan fingerprint density at radius 2 is 1.63 bits per heavy atom. The highest BCUT2D eigenvalue weighted by Crippen LogP contribution is 2.23. The van der Waals surface area contributed by atoms with Gasteiger partial charge >= 0.3 is 0 Å². The molecule has 1 heterocycles. The summed E-state index contributed by atoms with van der Waals surface area (Å²) >= 11 is 0. The maximum atomic E-state index is 13.9. The Balaban J connectivity index is 2.21.